The Balaban J connectivity index is 1.84. The Morgan fingerprint density at radius 1 is 0.946 bits per heavy atom. The standard InChI is InChI=1S/C30H34Cl2N2O2S/c1-3-22(2)33-30(36)28(18-23-10-6-4-7-11-23)34(20-25-14-15-26(31)19-27(25)32)29(35)16-17-37-21-24-12-8-5-9-13-24/h4-15,19,22,28H,3,16-18,20-21H2,1-2H3,(H,33,36). The lowest BCUT2D eigenvalue weighted by molar-refractivity contribution is -0.141. The van der Waals surface area contributed by atoms with Crippen molar-refractivity contribution in [2.24, 2.45) is 0 Å². The highest BCUT2D eigenvalue weighted by molar-refractivity contribution is 7.98. The van der Waals surface area contributed by atoms with Gasteiger partial charge >= 0.3 is 0 Å². The van der Waals surface area contributed by atoms with E-state index in [0.29, 0.717) is 28.6 Å². The van der Waals surface area contributed by atoms with E-state index < -0.39 is 6.04 Å². The van der Waals surface area contributed by atoms with Gasteiger partial charge in [0.2, 0.25) is 11.8 Å². The lowest BCUT2D eigenvalue weighted by atomic mass is 10.0. The van der Waals surface area contributed by atoms with Gasteiger partial charge in [-0.05, 0) is 42.2 Å². The van der Waals surface area contributed by atoms with E-state index >= 15 is 0 Å². The number of halogens is 2. The summed E-state index contributed by atoms with van der Waals surface area (Å²) in [6.45, 7) is 4.22. The number of benzene rings is 3. The second-order valence-electron chi connectivity index (χ2n) is 9.07. The maximum atomic E-state index is 13.7. The van der Waals surface area contributed by atoms with Crippen molar-refractivity contribution in [1.29, 1.82) is 0 Å². The third-order valence-corrected chi connectivity index (χ3v) is 7.82. The van der Waals surface area contributed by atoms with Crippen molar-refractivity contribution in [2.45, 2.75) is 57.5 Å². The van der Waals surface area contributed by atoms with E-state index in [0.717, 1.165) is 23.3 Å². The molecule has 37 heavy (non-hydrogen) atoms. The van der Waals surface area contributed by atoms with Crippen molar-refractivity contribution in [3.05, 3.63) is 106 Å². The van der Waals surface area contributed by atoms with Crippen molar-refractivity contribution in [3.8, 4) is 0 Å². The van der Waals surface area contributed by atoms with Gasteiger partial charge in [-0.1, -0.05) is 96.9 Å². The Morgan fingerprint density at radius 2 is 1.59 bits per heavy atom. The van der Waals surface area contributed by atoms with Crippen LogP contribution in [0.15, 0.2) is 78.9 Å². The largest absolute Gasteiger partial charge is 0.352 e. The minimum atomic E-state index is -0.672. The van der Waals surface area contributed by atoms with Gasteiger partial charge in [0.05, 0.1) is 0 Å². The molecular weight excluding hydrogens is 523 g/mol. The zero-order valence-corrected chi connectivity index (χ0v) is 23.7. The van der Waals surface area contributed by atoms with Crippen LogP contribution in [0.4, 0.5) is 0 Å². The number of carbonyl (C=O) groups excluding carboxylic acids is 2. The summed E-state index contributed by atoms with van der Waals surface area (Å²) in [6, 6.07) is 24.6. The Labute approximate surface area is 234 Å². The molecule has 1 N–H and O–H groups in total. The van der Waals surface area contributed by atoms with Crippen molar-refractivity contribution in [3.63, 3.8) is 0 Å². The third kappa shape index (κ3) is 9.41. The van der Waals surface area contributed by atoms with Crippen molar-refractivity contribution in [1.82, 2.24) is 10.2 Å². The lowest BCUT2D eigenvalue weighted by Gasteiger charge is -2.32. The predicted molar refractivity (Wildman–Crippen MR) is 156 cm³/mol. The molecule has 0 fully saturated rings. The van der Waals surface area contributed by atoms with Gasteiger partial charge in [0.1, 0.15) is 6.04 Å². The topological polar surface area (TPSA) is 49.4 Å². The van der Waals surface area contributed by atoms with E-state index in [1.165, 1.54) is 5.56 Å². The van der Waals surface area contributed by atoms with Crippen molar-refractivity contribution in [2.75, 3.05) is 5.75 Å². The van der Waals surface area contributed by atoms with E-state index in [1.54, 1.807) is 28.8 Å². The van der Waals surface area contributed by atoms with E-state index in [-0.39, 0.29) is 24.4 Å². The smallest absolute Gasteiger partial charge is 0.243 e. The molecule has 2 unspecified atom stereocenters. The summed E-state index contributed by atoms with van der Waals surface area (Å²) >= 11 is 14.3. The minimum absolute atomic E-state index is 0.00303. The van der Waals surface area contributed by atoms with Gasteiger partial charge in [-0.25, -0.2) is 0 Å². The monoisotopic (exact) mass is 556 g/mol. The Bertz CT molecular complexity index is 1140. The molecule has 7 heteroatoms. The molecule has 0 aromatic heterocycles. The first kappa shape index (κ1) is 29.1. The van der Waals surface area contributed by atoms with Crippen LogP contribution in [0.25, 0.3) is 0 Å². The van der Waals surface area contributed by atoms with Gasteiger partial charge in [-0.15, -0.1) is 0 Å². The zero-order chi connectivity index (χ0) is 26.6. The molecule has 0 spiro atoms. The van der Waals surface area contributed by atoms with E-state index in [4.69, 9.17) is 23.2 Å². The Morgan fingerprint density at radius 3 is 2.22 bits per heavy atom. The van der Waals surface area contributed by atoms with Crippen molar-refractivity contribution >= 4 is 46.8 Å². The number of nitrogens with zero attached hydrogens (tertiary/aromatic N) is 1. The zero-order valence-electron chi connectivity index (χ0n) is 21.3. The highest BCUT2D eigenvalue weighted by Gasteiger charge is 2.31. The fraction of sp³-hybridized carbons (Fsp3) is 0.333. The molecule has 196 valence electrons. The first-order valence-electron chi connectivity index (χ1n) is 12.6. The molecule has 2 atom stereocenters. The van der Waals surface area contributed by atoms with Crippen LogP contribution >= 0.6 is 35.0 Å². The van der Waals surface area contributed by atoms with Crippen LogP contribution in [0.5, 0.6) is 0 Å². The van der Waals surface area contributed by atoms with Gasteiger partial charge in [0.25, 0.3) is 0 Å². The molecule has 2 amide bonds. The maximum absolute atomic E-state index is 13.7. The summed E-state index contributed by atoms with van der Waals surface area (Å²) in [4.78, 5) is 28.9. The summed E-state index contributed by atoms with van der Waals surface area (Å²) in [5, 5.41) is 4.09. The number of carbonyl (C=O) groups is 2. The van der Waals surface area contributed by atoms with Gasteiger partial charge < -0.3 is 10.2 Å². The molecule has 0 saturated carbocycles. The summed E-state index contributed by atoms with van der Waals surface area (Å²) < 4.78 is 0. The van der Waals surface area contributed by atoms with E-state index in [1.807, 2.05) is 68.4 Å². The predicted octanol–water partition coefficient (Wildman–Crippen LogP) is 7.17. The van der Waals surface area contributed by atoms with Crippen LogP contribution in [-0.2, 0) is 28.3 Å². The molecule has 3 aromatic carbocycles. The molecule has 0 heterocycles. The third-order valence-electron chi connectivity index (χ3n) is 6.20. The molecule has 0 aliphatic carbocycles. The van der Waals surface area contributed by atoms with Gasteiger partial charge in [-0.3, -0.25) is 9.59 Å². The first-order chi connectivity index (χ1) is 17.9. The highest BCUT2D eigenvalue weighted by Crippen LogP contribution is 2.25. The number of amides is 2. The SMILES string of the molecule is CCC(C)NC(=O)C(Cc1ccccc1)N(Cc1ccc(Cl)cc1Cl)C(=O)CCSCc1ccccc1. The summed E-state index contributed by atoms with van der Waals surface area (Å²) in [7, 11) is 0. The van der Waals surface area contributed by atoms with Crippen LogP contribution in [0.2, 0.25) is 10.0 Å². The number of hydrogen-bond acceptors (Lipinski definition) is 3. The fourth-order valence-corrected chi connectivity index (χ4v) is 5.26. The highest BCUT2D eigenvalue weighted by atomic mass is 35.5. The Hall–Kier alpha value is -2.47. The second kappa shape index (κ2) is 15.1. The average molecular weight is 558 g/mol. The molecule has 4 nitrogen and oxygen atoms in total. The summed E-state index contributed by atoms with van der Waals surface area (Å²) in [5.41, 5.74) is 2.97. The van der Waals surface area contributed by atoms with Crippen LogP contribution in [-0.4, -0.2) is 34.6 Å². The number of thioether (sulfide) groups is 1. The summed E-state index contributed by atoms with van der Waals surface area (Å²) in [6.07, 6.45) is 1.54. The lowest BCUT2D eigenvalue weighted by Crippen LogP contribution is -2.52. The van der Waals surface area contributed by atoms with E-state index in [2.05, 4.69) is 17.4 Å². The number of rotatable bonds is 13. The quantitative estimate of drug-likeness (QED) is 0.227. The molecule has 0 bridgehead atoms. The van der Waals surface area contributed by atoms with Crippen molar-refractivity contribution < 1.29 is 9.59 Å². The average Bonchev–Trinajstić information content (AvgIpc) is 2.90. The first-order valence-corrected chi connectivity index (χ1v) is 14.5. The molecule has 3 aromatic rings. The van der Waals surface area contributed by atoms with Crippen LogP contribution in [0, 0.1) is 0 Å². The maximum Gasteiger partial charge on any atom is 0.243 e. The molecule has 3 rings (SSSR count). The number of hydrogen-bond donors (Lipinski definition) is 1. The molecule has 0 saturated heterocycles. The fourth-order valence-electron chi connectivity index (χ4n) is 3.90. The molecule has 0 aliphatic rings. The summed E-state index contributed by atoms with van der Waals surface area (Å²) in [5.74, 6) is 1.25. The van der Waals surface area contributed by atoms with Gasteiger partial charge in [0.15, 0.2) is 0 Å². The Kier molecular flexibility index (Phi) is 11.8. The second-order valence-corrected chi connectivity index (χ2v) is 11.0. The number of nitrogens with one attached hydrogen (secondary N) is 1. The minimum Gasteiger partial charge on any atom is -0.352 e. The van der Waals surface area contributed by atoms with Gasteiger partial charge in [0, 0.05) is 47.0 Å². The molecule has 0 aliphatic heterocycles. The van der Waals surface area contributed by atoms with Crippen LogP contribution in [0.1, 0.15) is 43.4 Å². The molecular formula is C30H34Cl2N2O2S. The molecule has 0 radical (unpaired) electrons. The normalized spacial score (nSPS) is 12.5. The van der Waals surface area contributed by atoms with Crippen LogP contribution < -0.4 is 5.32 Å². The van der Waals surface area contributed by atoms with E-state index in [9.17, 15) is 9.59 Å². The van der Waals surface area contributed by atoms with Crippen LogP contribution in [0.3, 0.4) is 0 Å². The van der Waals surface area contributed by atoms with Gasteiger partial charge in [-0.2, -0.15) is 11.8 Å².